The third kappa shape index (κ3) is 2.31. The van der Waals surface area contributed by atoms with Crippen molar-refractivity contribution in [2.45, 2.75) is 13.8 Å². The number of rotatable bonds is 1. The summed E-state index contributed by atoms with van der Waals surface area (Å²) in [6.07, 6.45) is 0. The summed E-state index contributed by atoms with van der Waals surface area (Å²) >= 11 is 0. The van der Waals surface area contributed by atoms with Crippen molar-refractivity contribution in [1.29, 1.82) is 5.26 Å². The molecular weight excluding hydrogens is 215 g/mol. The summed E-state index contributed by atoms with van der Waals surface area (Å²) in [6.45, 7) is 3.73. The first-order chi connectivity index (χ1) is 8.10. The zero-order valence-electron chi connectivity index (χ0n) is 9.66. The summed E-state index contributed by atoms with van der Waals surface area (Å²) in [5, 5.41) is 8.82. The van der Waals surface area contributed by atoms with Crippen LogP contribution in [0, 0.1) is 31.0 Å². The molecule has 17 heavy (non-hydrogen) atoms. The second kappa shape index (κ2) is 4.34. The summed E-state index contributed by atoms with van der Waals surface area (Å²) in [6, 6.07) is 9.98. The van der Waals surface area contributed by atoms with E-state index in [4.69, 9.17) is 5.26 Å². The van der Waals surface area contributed by atoms with Crippen molar-refractivity contribution in [2.24, 2.45) is 0 Å². The van der Waals surface area contributed by atoms with E-state index >= 15 is 0 Å². The number of aromatic nitrogens is 1. The number of hydrogen-bond donors (Lipinski definition) is 0. The fraction of sp³-hybridized carbons (Fsp3) is 0.143. The Bertz CT molecular complexity index is 592. The van der Waals surface area contributed by atoms with Crippen LogP contribution in [0.2, 0.25) is 0 Å². The van der Waals surface area contributed by atoms with E-state index in [-0.39, 0.29) is 5.82 Å². The Kier molecular flexibility index (Phi) is 2.88. The van der Waals surface area contributed by atoms with Gasteiger partial charge in [-0.05, 0) is 49.7 Å². The van der Waals surface area contributed by atoms with Gasteiger partial charge in [0.05, 0.1) is 11.6 Å². The second-order valence-corrected chi connectivity index (χ2v) is 3.95. The Morgan fingerprint density at radius 3 is 2.35 bits per heavy atom. The lowest BCUT2D eigenvalue weighted by Crippen LogP contribution is -1.91. The predicted octanol–water partition coefficient (Wildman–Crippen LogP) is 3.38. The number of hydrogen-bond acceptors (Lipinski definition) is 2. The molecule has 0 fully saturated rings. The minimum absolute atomic E-state index is 0.325. The predicted molar refractivity (Wildman–Crippen MR) is 63.8 cm³/mol. The molecule has 0 aliphatic carbocycles. The van der Waals surface area contributed by atoms with Gasteiger partial charge >= 0.3 is 0 Å². The first-order valence-electron chi connectivity index (χ1n) is 5.25. The standard InChI is InChI=1S/C14H11FN2/c1-9-5-12(6-10(2)17-9)13-7-11(8-16)3-4-14(13)15/h3-7H,1-2H3. The van der Waals surface area contributed by atoms with E-state index in [1.54, 1.807) is 6.07 Å². The molecule has 0 spiro atoms. The molecule has 2 rings (SSSR count). The fourth-order valence-corrected chi connectivity index (χ4v) is 1.81. The van der Waals surface area contributed by atoms with Crippen molar-refractivity contribution in [3.8, 4) is 17.2 Å². The number of nitriles is 1. The molecule has 2 nitrogen and oxygen atoms in total. The number of pyridine rings is 1. The van der Waals surface area contributed by atoms with E-state index in [2.05, 4.69) is 4.98 Å². The van der Waals surface area contributed by atoms with Crippen LogP contribution in [0.3, 0.4) is 0 Å². The average molecular weight is 226 g/mol. The molecule has 84 valence electrons. The smallest absolute Gasteiger partial charge is 0.131 e. The monoisotopic (exact) mass is 226 g/mol. The van der Waals surface area contributed by atoms with Gasteiger partial charge < -0.3 is 0 Å². The molecule has 0 radical (unpaired) electrons. The molecule has 1 heterocycles. The molecule has 0 unspecified atom stereocenters. The maximum Gasteiger partial charge on any atom is 0.131 e. The molecule has 3 heteroatoms. The van der Waals surface area contributed by atoms with Crippen LogP contribution in [0.1, 0.15) is 17.0 Å². The molecule has 1 aromatic heterocycles. The van der Waals surface area contributed by atoms with Gasteiger partial charge in [-0.3, -0.25) is 4.98 Å². The van der Waals surface area contributed by atoms with Crippen molar-refractivity contribution in [1.82, 2.24) is 4.98 Å². The molecule has 0 saturated heterocycles. The third-order valence-electron chi connectivity index (χ3n) is 2.49. The van der Waals surface area contributed by atoms with Crippen LogP contribution >= 0.6 is 0 Å². The normalized spacial score (nSPS) is 10.0. The molecule has 0 bridgehead atoms. The number of aryl methyl sites for hydroxylation is 2. The van der Waals surface area contributed by atoms with Gasteiger partial charge in [-0.25, -0.2) is 4.39 Å². The highest BCUT2D eigenvalue weighted by atomic mass is 19.1. The average Bonchev–Trinajstić information content (AvgIpc) is 2.28. The minimum Gasteiger partial charge on any atom is -0.258 e. The maximum absolute atomic E-state index is 13.7. The lowest BCUT2D eigenvalue weighted by atomic mass is 10.0. The van der Waals surface area contributed by atoms with Gasteiger partial charge in [0, 0.05) is 17.0 Å². The van der Waals surface area contributed by atoms with Crippen LogP contribution in [0.4, 0.5) is 4.39 Å². The van der Waals surface area contributed by atoms with E-state index in [0.29, 0.717) is 11.1 Å². The Morgan fingerprint density at radius 2 is 1.76 bits per heavy atom. The van der Waals surface area contributed by atoms with Crippen molar-refractivity contribution in [2.75, 3.05) is 0 Å². The van der Waals surface area contributed by atoms with Gasteiger partial charge in [0.25, 0.3) is 0 Å². The quantitative estimate of drug-likeness (QED) is 0.747. The molecule has 2 aromatic rings. The highest BCUT2D eigenvalue weighted by molar-refractivity contribution is 5.66. The third-order valence-corrected chi connectivity index (χ3v) is 2.49. The summed E-state index contributed by atoms with van der Waals surface area (Å²) in [4.78, 5) is 4.24. The Hall–Kier alpha value is -2.21. The van der Waals surface area contributed by atoms with Gasteiger partial charge in [-0.2, -0.15) is 5.26 Å². The van der Waals surface area contributed by atoms with E-state index in [0.717, 1.165) is 17.0 Å². The molecule has 0 amide bonds. The number of halogens is 1. The van der Waals surface area contributed by atoms with Crippen molar-refractivity contribution in [3.63, 3.8) is 0 Å². The van der Waals surface area contributed by atoms with Gasteiger partial charge in [-0.15, -0.1) is 0 Å². The molecule has 0 N–H and O–H groups in total. The van der Waals surface area contributed by atoms with Crippen molar-refractivity contribution in [3.05, 3.63) is 53.1 Å². The molecular formula is C14H11FN2. The molecule has 0 aliphatic heterocycles. The zero-order chi connectivity index (χ0) is 12.4. The lowest BCUT2D eigenvalue weighted by Gasteiger charge is -2.06. The summed E-state index contributed by atoms with van der Waals surface area (Å²) < 4.78 is 13.7. The van der Waals surface area contributed by atoms with Crippen LogP contribution in [0.15, 0.2) is 30.3 Å². The van der Waals surface area contributed by atoms with E-state index < -0.39 is 0 Å². The van der Waals surface area contributed by atoms with Crippen LogP contribution in [-0.4, -0.2) is 4.98 Å². The van der Waals surface area contributed by atoms with E-state index in [1.165, 1.54) is 12.1 Å². The van der Waals surface area contributed by atoms with Crippen molar-refractivity contribution >= 4 is 0 Å². The van der Waals surface area contributed by atoms with Gasteiger partial charge in [0.1, 0.15) is 5.82 Å². The second-order valence-electron chi connectivity index (χ2n) is 3.95. The maximum atomic E-state index is 13.7. The molecule has 1 aromatic carbocycles. The summed E-state index contributed by atoms with van der Waals surface area (Å²) in [7, 11) is 0. The topological polar surface area (TPSA) is 36.7 Å². The fourth-order valence-electron chi connectivity index (χ4n) is 1.81. The summed E-state index contributed by atoms with van der Waals surface area (Å²) in [5.41, 5.74) is 3.32. The highest BCUT2D eigenvalue weighted by Crippen LogP contribution is 2.24. The molecule has 0 aliphatic rings. The first-order valence-corrected chi connectivity index (χ1v) is 5.25. The Morgan fingerprint density at radius 1 is 1.12 bits per heavy atom. The number of nitrogens with zero attached hydrogens (tertiary/aromatic N) is 2. The van der Waals surface area contributed by atoms with Gasteiger partial charge in [0.15, 0.2) is 0 Å². The summed E-state index contributed by atoms with van der Waals surface area (Å²) in [5.74, 6) is -0.325. The van der Waals surface area contributed by atoms with Gasteiger partial charge in [0.2, 0.25) is 0 Å². The SMILES string of the molecule is Cc1cc(-c2cc(C#N)ccc2F)cc(C)n1. The van der Waals surface area contributed by atoms with Gasteiger partial charge in [-0.1, -0.05) is 0 Å². The highest BCUT2D eigenvalue weighted by Gasteiger charge is 2.07. The van der Waals surface area contributed by atoms with E-state index in [1.807, 2.05) is 32.0 Å². The van der Waals surface area contributed by atoms with E-state index in [9.17, 15) is 4.39 Å². The molecule has 0 atom stereocenters. The zero-order valence-corrected chi connectivity index (χ0v) is 9.66. The first kappa shape index (κ1) is 11.3. The molecule has 0 saturated carbocycles. The van der Waals surface area contributed by atoms with Crippen molar-refractivity contribution < 1.29 is 4.39 Å². The number of benzene rings is 1. The largest absolute Gasteiger partial charge is 0.258 e. The van der Waals surface area contributed by atoms with Crippen LogP contribution in [-0.2, 0) is 0 Å². The van der Waals surface area contributed by atoms with Crippen LogP contribution in [0.5, 0.6) is 0 Å². The Balaban J connectivity index is 2.63. The van der Waals surface area contributed by atoms with Crippen LogP contribution < -0.4 is 0 Å². The van der Waals surface area contributed by atoms with Crippen LogP contribution in [0.25, 0.3) is 11.1 Å². The lowest BCUT2D eigenvalue weighted by molar-refractivity contribution is 0.631. The Labute approximate surface area is 99.4 Å². The minimum atomic E-state index is -0.325.